The van der Waals surface area contributed by atoms with Gasteiger partial charge in [-0.15, -0.1) is 0 Å². The number of nitrogens with zero attached hydrogens (tertiary/aromatic N) is 1. The Hall–Kier alpha value is -1.62. The molecule has 1 aliphatic rings. The first-order valence-electron chi connectivity index (χ1n) is 7.02. The summed E-state index contributed by atoms with van der Waals surface area (Å²) in [7, 11) is 1.92. The van der Waals surface area contributed by atoms with Crippen LogP contribution >= 0.6 is 0 Å². The zero-order valence-corrected chi connectivity index (χ0v) is 11.9. The van der Waals surface area contributed by atoms with Crippen molar-refractivity contribution in [1.29, 1.82) is 0 Å². The maximum Gasteiger partial charge on any atom is 0.260 e. The number of hydrogen-bond acceptors (Lipinski definition) is 3. The third-order valence-corrected chi connectivity index (χ3v) is 4.12. The van der Waals surface area contributed by atoms with Gasteiger partial charge in [0.15, 0.2) is 0 Å². The van der Waals surface area contributed by atoms with Gasteiger partial charge in [-0.05, 0) is 31.5 Å². The minimum Gasteiger partial charge on any atom is -0.507 e. The minimum absolute atomic E-state index is 0.217. The van der Waals surface area contributed by atoms with E-state index in [4.69, 9.17) is 0 Å². The van der Waals surface area contributed by atoms with E-state index >= 15 is 0 Å². The molecule has 1 heterocycles. The Balaban J connectivity index is 2.18. The van der Waals surface area contributed by atoms with Gasteiger partial charge in [0.2, 0.25) is 0 Å². The minimum atomic E-state index is -0.668. The number of carbonyl (C=O) groups excluding carboxylic acids is 1. The maximum atomic E-state index is 13.8. The molecule has 2 atom stereocenters. The molecule has 4 nitrogen and oxygen atoms in total. The lowest BCUT2D eigenvalue weighted by Gasteiger charge is -2.38. The molecule has 1 aromatic rings. The number of aromatic hydroxyl groups is 1. The number of piperidine rings is 1. The molecule has 0 aliphatic carbocycles. The Labute approximate surface area is 118 Å². The molecule has 1 saturated heterocycles. The van der Waals surface area contributed by atoms with Crippen LogP contribution in [-0.4, -0.2) is 42.1 Å². The fourth-order valence-corrected chi connectivity index (χ4v) is 2.89. The zero-order valence-electron chi connectivity index (χ0n) is 11.9. The number of amides is 1. The number of phenols is 1. The number of halogens is 1. The standard InChI is InChI=1S/C15H21FN2O2/c1-3-10-9-18(8-7-12(10)17-2)15(20)14-11(16)5-4-6-13(14)19/h4-6,10,12,17,19H,3,7-9H2,1-2H3. The molecule has 0 saturated carbocycles. The molecule has 2 rings (SSSR count). The SMILES string of the molecule is CCC1CN(C(=O)c2c(O)cccc2F)CCC1NC. The molecule has 0 radical (unpaired) electrons. The molecule has 20 heavy (non-hydrogen) atoms. The summed E-state index contributed by atoms with van der Waals surface area (Å²) >= 11 is 0. The lowest BCUT2D eigenvalue weighted by Crippen LogP contribution is -2.50. The lowest BCUT2D eigenvalue weighted by atomic mass is 9.89. The van der Waals surface area contributed by atoms with Gasteiger partial charge in [-0.25, -0.2) is 4.39 Å². The van der Waals surface area contributed by atoms with E-state index in [0.717, 1.165) is 12.8 Å². The van der Waals surface area contributed by atoms with Crippen LogP contribution in [0, 0.1) is 11.7 Å². The molecule has 1 amide bonds. The Bertz CT molecular complexity index is 473. The van der Waals surface area contributed by atoms with Crippen LogP contribution in [0.25, 0.3) is 0 Å². The summed E-state index contributed by atoms with van der Waals surface area (Å²) in [6, 6.07) is 4.32. The normalized spacial score (nSPS) is 22.9. The van der Waals surface area contributed by atoms with Crippen molar-refractivity contribution in [3.63, 3.8) is 0 Å². The van der Waals surface area contributed by atoms with Crippen LogP contribution in [0.3, 0.4) is 0 Å². The second-order valence-electron chi connectivity index (χ2n) is 5.24. The summed E-state index contributed by atoms with van der Waals surface area (Å²) in [5.41, 5.74) is -0.217. The number of likely N-dealkylation sites (tertiary alicyclic amines) is 1. The van der Waals surface area contributed by atoms with E-state index < -0.39 is 11.7 Å². The Morgan fingerprint density at radius 1 is 1.55 bits per heavy atom. The molecule has 2 unspecified atom stereocenters. The number of carbonyl (C=O) groups is 1. The van der Waals surface area contributed by atoms with E-state index in [2.05, 4.69) is 12.2 Å². The molecule has 0 spiro atoms. The predicted molar refractivity (Wildman–Crippen MR) is 75.2 cm³/mol. The van der Waals surface area contributed by atoms with Crippen molar-refractivity contribution in [3.05, 3.63) is 29.6 Å². The molecule has 1 aromatic carbocycles. The molecule has 1 fully saturated rings. The van der Waals surface area contributed by atoms with E-state index in [1.54, 1.807) is 4.90 Å². The highest BCUT2D eigenvalue weighted by atomic mass is 19.1. The first-order valence-corrected chi connectivity index (χ1v) is 7.02. The van der Waals surface area contributed by atoms with E-state index in [1.165, 1.54) is 18.2 Å². The Morgan fingerprint density at radius 3 is 2.90 bits per heavy atom. The van der Waals surface area contributed by atoms with Crippen LogP contribution in [0.1, 0.15) is 30.1 Å². The van der Waals surface area contributed by atoms with Crippen LogP contribution in [0.5, 0.6) is 5.75 Å². The highest BCUT2D eigenvalue weighted by molar-refractivity contribution is 5.97. The second kappa shape index (κ2) is 6.22. The third-order valence-electron chi connectivity index (χ3n) is 4.12. The lowest BCUT2D eigenvalue weighted by molar-refractivity contribution is 0.0624. The van der Waals surface area contributed by atoms with Gasteiger partial charge in [0.25, 0.3) is 5.91 Å². The molecule has 0 bridgehead atoms. The van der Waals surface area contributed by atoms with E-state index in [9.17, 15) is 14.3 Å². The average Bonchev–Trinajstić information content (AvgIpc) is 2.46. The quantitative estimate of drug-likeness (QED) is 0.890. The first kappa shape index (κ1) is 14.8. The summed E-state index contributed by atoms with van der Waals surface area (Å²) in [4.78, 5) is 14.0. The van der Waals surface area contributed by atoms with E-state index in [0.29, 0.717) is 25.0 Å². The maximum absolute atomic E-state index is 13.8. The van der Waals surface area contributed by atoms with Crippen molar-refractivity contribution in [2.24, 2.45) is 5.92 Å². The average molecular weight is 280 g/mol. The van der Waals surface area contributed by atoms with Crippen molar-refractivity contribution in [3.8, 4) is 5.75 Å². The van der Waals surface area contributed by atoms with Gasteiger partial charge in [0, 0.05) is 19.1 Å². The van der Waals surface area contributed by atoms with Crippen molar-refractivity contribution >= 4 is 5.91 Å². The molecule has 110 valence electrons. The highest BCUT2D eigenvalue weighted by Gasteiger charge is 2.31. The number of rotatable bonds is 3. The smallest absolute Gasteiger partial charge is 0.260 e. The summed E-state index contributed by atoms with van der Waals surface area (Å²) in [6.07, 6.45) is 1.80. The van der Waals surface area contributed by atoms with Gasteiger partial charge in [-0.3, -0.25) is 4.79 Å². The van der Waals surface area contributed by atoms with Crippen LogP contribution in [-0.2, 0) is 0 Å². The van der Waals surface area contributed by atoms with Crippen molar-refractivity contribution in [2.75, 3.05) is 20.1 Å². The second-order valence-corrected chi connectivity index (χ2v) is 5.24. The monoisotopic (exact) mass is 280 g/mol. The molecule has 1 aliphatic heterocycles. The van der Waals surface area contributed by atoms with Crippen LogP contribution < -0.4 is 5.32 Å². The van der Waals surface area contributed by atoms with Crippen LogP contribution in [0.2, 0.25) is 0 Å². The van der Waals surface area contributed by atoms with Crippen LogP contribution in [0.4, 0.5) is 4.39 Å². The molecular weight excluding hydrogens is 259 g/mol. The fourth-order valence-electron chi connectivity index (χ4n) is 2.89. The van der Waals surface area contributed by atoms with Gasteiger partial charge in [0.1, 0.15) is 17.1 Å². The van der Waals surface area contributed by atoms with E-state index in [1.807, 2.05) is 7.05 Å². The number of phenolic OH excluding ortho intramolecular Hbond substituents is 1. The molecule has 5 heteroatoms. The topological polar surface area (TPSA) is 52.6 Å². The first-order chi connectivity index (χ1) is 9.58. The molecule has 0 aromatic heterocycles. The van der Waals surface area contributed by atoms with Crippen molar-refractivity contribution in [2.45, 2.75) is 25.8 Å². The summed E-state index contributed by atoms with van der Waals surface area (Å²) in [5, 5.41) is 13.0. The Kier molecular flexibility index (Phi) is 4.60. The fraction of sp³-hybridized carbons (Fsp3) is 0.533. The van der Waals surface area contributed by atoms with E-state index in [-0.39, 0.29) is 11.3 Å². The number of benzene rings is 1. The van der Waals surface area contributed by atoms with Gasteiger partial charge in [-0.1, -0.05) is 19.4 Å². The van der Waals surface area contributed by atoms with Gasteiger partial charge in [-0.2, -0.15) is 0 Å². The van der Waals surface area contributed by atoms with Gasteiger partial charge < -0.3 is 15.3 Å². The Morgan fingerprint density at radius 2 is 2.30 bits per heavy atom. The predicted octanol–water partition coefficient (Wildman–Crippen LogP) is 1.99. The number of nitrogens with one attached hydrogen (secondary N) is 1. The van der Waals surface area contributed by atoms with Crippen molar-refractivity contribution in [1.82, 2.24) is 10.2 Å². The molecule has 2 N–H and O–H groups in total. The number of hydrogen-bond donors (Lipinski definition) is 2. The van der Waals surface area contributed by atoms with Gasteiger partial charge >= 0.3 is 0 Å². The highest BCUT2D eigenvalue weighted by Crippen LogP contribution is 2.26. The van der Waals surface area contributed by atoms with Gasteiger partial charge in [0.05, 0.1) is 0 Å². The summed E-state index contributed by atoms with van der Waals surface area (Å²) in [5.74, 6) is -1.03. The summed E-state index contributed by atoms with van der Waals surface area (Å²) < 4.78 is 13.8. The summed E-state index contributed by atoms with van der Waals surface area (Å²) in [6.45, 7) is 3.26. The molecular formula is C15H21FN2O2. The van der Waals surface area contributed by atoms with Crippen LogP contribution in [0.15, 0.2) is 18.2 Å². The van der Waals surface area contributed by atoms with Crippen molar-refractivity contribution < 1.29 is 14.3 Å². The third kappa shape index (κ3) is 2.77. The largest absolute Gasteiger partial charge is 0.507 e. The zero-order chi connectivity index (χ0) is 14.7.